The molecule has 256 valence electrons. The molecule has 1 saturated carbocycles. The molecule has 2 N–H and O–H groups in total. The molecule has 0 spiro atoms. The summed E-state index contributed by atoms with van der Waals surface area (Å²) in [5.74, 6) is 1.04. The number of ether oxygens (including phenoxy) is 3. The number of carbonyl (C=O) groups excluding carboxylic acids is 2. The van der Waals surface area contributed by atoms with Crippen molar-refractivity contribution in [3.8, 4) is 11.5 Å². The number of benzene rings is 2. The molecule has 48 heavy (non-hydrogen) atoms. The monoisotopic (exact) mass is 701 g/mol. The predicted octanol–water partition coefficient (Wildman–Crippen LogP) is 7.10. The number of fused-ring (bicyclic) bond motifs is 1. The Balaban J connectivity index is 1.52. The highest BCUT2D eigenvalue weighted by molar-refractivity contribution is 6.42. The van der Waals surface area contributed by atoms with Crippen LogP contribution < -0.4 is 29.9 Å². The maximum atomic E-state index is 14.4. The molecule has 16 heteroatoms. The number of anilines is 3. The molecule has 1 aliphatic carbocycles. The maximum absolute atomic E-state index is 14.4. The first kappa shape index (κ1) is 34.8. The molecule has 0 saturated heterocycles. The Labute approximate surface area is 287 Å². The SMILES string of the molecule is COc1cc(OC)c(Cl)c(N2Cc3cnc(NC4CCCCC4NC(=O)OC(C)(C)C)nc3N(Cc3cccc([N+](=O)[O-])c3)C2=O)c1Cl. The summed E-state index contributed by atoms with van der Waals surface area (Å²) in [6, 6.07) is 6.55. The van der Waals surface area contributed by atoms with Gasteiger partial charge in [0.25, 0.3) is 5.69 Å². The van der Waals surface area contributed by atoms with Crippen molar-refractivity contribution < 1.29 is 28.7 Å². The third-order valence-corrected chi connectivity index (χ3v) is 8.68. The van der Waals surface area contributed by atoms with E-state index in [1.807, 2.05) is 0 Å². The van der Waals surface area contributed by atoms with Gasteiger partial charge in [0.05, 0.1) is 44.0 Å². The molecule has 1 fully saturated rings. The van der Waals surface area contributed by atoms with Gasteiger partial charge in [-0.3, -0.25) is 19.9 Å². The summed E-state index contributed by atoms with van der Waals surface area (Å²) < 4.78 is 16.3. The molecular weight excluding hydrogens is 665 g/mol. The number of methoxy groups -OCH3 is 2. The van der Waals surface area contributed by atoms with Crippen molar-refractivity contribution in [2.75, 3.05) is 29.3 Å². The van der Waals surface area contributed by atoms with E-state index in [1.54, 1.807) is 39.1 Å². The minimum Gasteiger partial charge on any atom is -0.495 e. The zero-order valence-corrected chi connectivity index (χ0v) is 28.7. The third-order valence-electron chi connectivity index (χ3n) is 7.95. The van der Waals surface area contributed by atoms with E-state index in [1.165, 1.54) is 42.2 Å². The molecule has 2 aliphatic rings. The zero-order valence-electron chi connectivity index (χ0n) is 27.2. The summed E-state index contributed by atoms with van der Waals surface area (Å²) in [6.07, 6.45) is 4.45. The highest BCUT2D eigenvalue weighted by atomic mass is 35.5. The van der Waals surface area contributed by atoms with Gasteiger partial charge in [0, 0.05) is 36.0 Å². The second-order valence-electron chi connectivity index (χ2n) is 12.5. The number of hydrogen-bond acceptors (Lipinski definition) is 10. The van der Waals surface area contributed by atoms with Crippen molar-refractivity contribution >= 4 is 58.5 Å². The van der Waals surface area contributed by atoms with Gasteiger partial charge in [-0.1, -0.05) is 48.2 Å². The molecule has 3 amide bonds. The Morgan fingerprint density at radius 2 is 1.75 bits per heavy atom. The van der Waals surface area contributed by atoms with Crippen molar-refractivity contribution in [3.05, 3.63) is 67.8 Å². The Hall–Kier alpha value is -4.56. The van der Waals surface area contributed by atoms with Gasteiger partial charge >= 0.3 is 12.1 Å². The fourth-order valence-corrected chi connectivity index (χ4v) is 6.47. The van der Waals surface area contributed by atoms with Crippen LogP contribution >= 0.6 is 23.2 Å². The van der Waals surface area contributed by atoms with Gasteiger partial charge in [-0.15, -0.1) is 0 Å². The quantitative estimate of drug-likeness (QED) is 0.174. The van der Waals surface area contributed by atoms with Crippen LogP contribution in [0.15, 0.2) is 36.5 Å². The lowest BCUT2D eigenvalue weighted by atomic mass is 9.90. The molecule has 2 heterocycles. The topological polar surface area (TPSA) is 161 Å². The minimum atomic E-state index is -0.642. The van der Waals surface area contributed by atoms with Crippen LogP contribution in [0.4, 0.5) is 32.7 Å². The average Bonchev–Trinajstić information content (AvgIpc) is 3.03. The summed E-state index contributed by atoms with van der Waals surface area (Å²) in [4.78, 5) is 50.1. The number of hydrogen-bond donors (Lipinski definition) is 2. The Kier molecular flexibility index (Phi) is 10.3. The van der Waals surface area contributed by atoms with Gasteiger partial charge in [-0.05, 0) is 39.2 Å². The number of rotatable bonds is 9. The Morgan fingerprint density at radius 3 is 2.38 bits per heavy atom. The number of nitro benzene ring substituents is 1. The van der Waals surface area contributed by atoms with Crippen molar-refractivity contribution in [1.82, 2.24) is 15.3 Å². The van der Waals surface area contributed by atoms with E-state index in [0.29, 0.717) is 16.9 Å². The highest BCUT2D eigenvalue weighted by Gasteiger charge is 2.37. The van der Waals surface area contributed by atoms with Crippen molar-refractivity contribution in [1.29, 1.82) is 0 Å². The van der Waals surface area contributed by atoms with E-state index in [-0.39, 0.29) is 64.0 Å². The van der Waals surface area contributed by atoms with Crippen LogP contribution in [0.25, 0.3) is 0 Å². The number of non-ortho nitro benzene ring substituents is 1. The van der Waals surface area contributed by atoms with Gasteiger partial charge in [0.1, 0.15) is 33.0 Å². The highest BCUT2D eigenvalue weighted by Crippen LogP contribution is 2.48. The fraction of sp³-hybridized carbons (Fsp3) is 0.438. The van der Waals surface area contributed by atoms with Crippen LogP contribution in [-0.4, -0.2) is 58.9 Å². The zero-order chi connectivity index (χ0) is 34.7. The van der Waals surface area contributed by atoms with Crippen LogP contribution in [0.1, 0.15) is 57.6 Å². The van der Waals surface area contributed by atoms with Crippen molar-refractivity contribution in [3.63, 3.8) is 0 Å². The molecule has 1 aliphatic heterocycles. The van der Waals surface area contributed by atoms with Crippen LogP contribution in [0, 0.1) is 10.1 Å². The first-order valence-electron chi connectivity index (χ1n) is 15.3. The molecule has 2 aromatic carbocycles. The summed E-state index contributed by atoms with van der Waals surface area (Å²) in [5.41, 5.74) is 0.453. The predicted molar refractivity (Wildman–Crippen MR) is 181 cm³/mol. The number of urea groups is 1. The van der Waals surface area contributed by atoms with E-state index in [9.17, 15) is 19.7 Å². The summed E-state index contributed by atoms with van der Waals surface area (Å²) >= 11 is 13.4. The van der Waals surface area contributed by atoms with E-state index in [4.69, 9.17) is 42.4 Å². The second-order valence-corrected chi connectivity index (χ2v) is 13.2. The lowest BCUT2D eigenvalue weighted by Crippen LogP contribution is -2.50. The van der Waals surface area contributed by atoms with Gasteiger partial charge in [0.15, 0.2) is 0 Å². The summed E-state index contributed by atoms with van der Waals surface area (Å²) in [6.45, 7) is 5.35. The molecule has 3 aromatic rings. The Morgan fingerprint density at radius 1 is 1.08 bits per heavy atom. The number of halogens is 2. The number of carbonyl (C=O) groups is 2. The van der Waals surface area contributed by atoms with Crippen LogP contribution in [0.3, 0.4) is 0 Å². The number of nitro groups is 1. The van der Waals surface area contributed by atoms with Crippen LogP contribution in [0.5, 0.6) is 11.5 Å². The average molecular weight is 703 g/mol. The third kappa shape index (κ3) is 7.60. The van der Waals surface area contributed by atoms with Crippen molar-refractivity contribution in [2.45, 2.75) is 77.2 Å². The summed E-state index contributed by atoms with van der Waals surface area (Å²) in [7, 11) is 2.87. The lowest BCUT2D eigenvalue weighted by molar-refractivity contribution is -0.384. The fourth-order valence-electron chi connectivity index (χ4n) is 5.77. The number of amides is 3. The minimum absolute atomic E-state index is 0.00188. The molecule has 0 bridgehead atoms. The van der Waals surface area contributed by atoms with Gasteiger partial charge in [0.2, 0.25) is 5.95 Å². The lowest BCUT2D eigenvalue weighted by Gasteiger charge is -2.37. The number of nitrogens with zero attached hydrogens (tertiary/aromatic N) is 5. The maximum Gasteiger partial charge on any atom is 0.407 e. The van der Waals surface area contributed by atoms with Gasteiger partial charge in [-0.2, -0.15) is 4.98 Å². The van der Waals surface area contributed by atoms with Gasteiger partial charge in [-0.25, -0.2) is 14.6 Å². The Bertz CT molecular complexity index is 1690. The molecule has 2 atom stereocenters. The normalized spacial score (nSPS) is 17.8. The molecule has 2 unspecified atom stereocenters. The van der Waals surface area contributed by atoms with Gasteiger partial charge < -0.3 is 24.8 Å². The first-order valence-corrected chi connectivity index (χ1v) is 16.1. The van der Waals surface area contributed by atoms with E-state index < -0.39 is 22.6 Å². The number of nitrogens with one attached hydrogen (secondary N) is 2. The van der Waals surface area contributed by atoms with Crippen LogP contribution in [0.2, 0.25) is 10.0 Å². The number of alkyl carbamates (subject to hydrolysis) is 1. The molecule has 5 rings (SSSR count). The summed E-state index contributed by atoms with van der Waals surface area (Å²) in [5, 5.41) is 18.1. The van der Waals surface area contributed by atoms with Crippen molar-refractivity contribution in [2.24, 2.45) is 0 Å². The largest absolute Gasteiger partial charge is 0.495 e. The first-order chi connectivity index (χ1) is 22.8. The molecular formula is C32H37Cl2N7O7. The van der Waals surface area contributed by atoms with E-state index in [0.717, 1.165) is 25.7 Å². The second kappa shape index (κ2) is 14.3. The van der Waals surface area contributed by atoms with Crippen LogP contribution in [-0.2, 0) is 17.8 Å². The molecule has 14 nitrogen and oxygen atoms in total. The van der Waals surface area contributed by atoms with E-state index in [2.05, 4.69) is 15.6 Å². The standard InChI is InChI=1S/C32H37Cl2N7O7/c1-32(2,3)48-30(42)37-22-12-7-6-11-21(22)36-29-35-15-19-17-39(27-25(33)23(46-4)14-24(47-5)26(27)34)31(43)40(28(19)38-29)16-18-9-8-10-20(13-18)41(44)45/h8-10,13-15,21-22H,6-7,11-12,16-17H2,1-5H3,(H,37,42)(H,35,36,38). The molecule has 1 aromatic heterocycles. The molecule has 0 radical (unpaired) electrons. The van der Waals surface area contributed by atoms with E-state index >= 15 is 0 Å². The smallest absolute Gasteiger partial charge is 0.407 e. The number of aromatic nitrogens is 2.